The van der Waals surface area contributed by atoms with E-state index in [1.165, 1.54) is 0 Å². The minimum Gasteiger partial charge on any atom is -0.478 e. The van der Waals surface area contributed by atoms with Crippen molar-refractivity contribution >= 4 is 5.91 Å². The summed E-state index contributed by atoms with van der Waals surface area (Å²) in [7, 11) is 0. The van der Waals surface area contributed by atoms with Gasteiger partial charge in [0.2, 0.25) is 5.88 Å². The number of hydrogen-bond donors (Lipinski definition) is 2. The summed E-state index contributed by atoms with van der Waals surface area (Å²) in [5, 5.41) is 12.7. The van der Waals surface area contributed by atoms with Crippen LogP contribution in [0, 0.1) is 0 Å². The molecule has 0 bridgehead atoms. The molecule has 1 heterocycles. The summed E-state index contributed by atoms with van der Waals surface area (Å²) in [6.07, 6.45) is 1.41. The van der Waals surface area contributed by atoms with E-state index in [-0.39, 0.29) is 0 Å². The average Bonchev–Trinajstić information content (AvgIpc) is 2.58. The van der Waals surface area contributed by atoms with Gasteiger partial charge in [0.15, 0.2) is 6.10 Å². The summed E-state index contributed by atoms with van der Waals surface area (Å²) in [6, 6.07) is 12.4. The van der Waals surface area contributed by atoms with Crippen molar-refractivity contribution in [3.8, 4) is 5.88 Å². The lowest BCUT2D eigenvalue weighted by Gasteiger charge is -2.11. The zero-order valence-corrected chi connectivity index (χ0v) is 12.5. The first kappa shape index (κ1) is 16.0. The number of carbonyl (C=O) groups is 1. The molecule has 5 heteroatoms. The van der Waals surface area contributed by atoms with E-state index in [4.69, 9.17) is 4.74 Å². The molecule has 0 radical (unpaired) electrons. The molecule has 1 aromatic carbocycles. The number of nitrogens with one attached hydrogen (secondary N) is 1. The van der Waals surface area contributed by atoms with Gasteiger partial charge in [0.05, 0.1) is 6.61 Å². The van der Waals surface area contributed by atoms with Crippen LogP contribution < -0.4 is 10.1 Å². The number of aliphatic hydroxyl groups is 1. The van der Waals surface area contributed by atoms with Gasteiger partial charge in [-0.2, -0.15) is 0 Å². The van der Waals surface area contributed by atoms with Gasteiger partial charge in [-0.05, 0) is 17.5 Å². The zero-order valence-electron chi connectivity index (χ0n) is 12.5. The minimum absolute atomic E-state index is 0.309. The molecule has 22 heavy (non-hydrogen) atoms. The Morgan fingerprint density at radius 3 is 2.68 bits per heavy atom. The fourth-order valence-corrected chi connectivity index (χ4v) is 1.88. The van der Waals surface area contributed by atoms with Crippen molar-refractivity contribution in [2.24, 2.45) is 0 Å². The number of carbonyl (C=O) groups excluding carboxylic acids is 1. The SMILES string of the molecule is CCCOc1ccc(CNC(=O)C(O)c2ccccc2)cn1. The quantitative estimate of drug-likeness (QED) is 0.822. The summed E-state index contributed by atoms with van der Waals surface area (Å²) in [5.41, 5.74) is 1.42. The highest BCUT2D eigenvalue weighted by Gasteiger charge is 2.16. The second-order valence-electron chi connectivity index (χ2n) is 4.88. The molecule has 5 nitrogen and oxygen atoms in total. The second kappa shape index (κ2) is 8.14. The summed E-state index contributed by atoms with van der Waals surface area (Å²) in [6.45, 7) is 2.97. The molecular formula is C17H20N2O3. The molecular weight excluding hydrogens is 280 g/mol. The maximum Gasteiger partial charge on any atom is 0.253 e. The largest absolute Gasteiger partial charge is 0.478 e. The van der Waals surface area contributed by atoms with E-state index in [9.17, 15) is 9.90 Å². The Kier molecular flexibility index (Phi) is 5.91. The summed E-state index contributed by atoms with van der Waals surface area (Å²) in [4.78, 5) is 16.1. The number of rotatable bonds is 7. The number of aromatic nitrogens is 1. The molecule has 2 N–H and O–H groups in total. The summed E-state index contributed by atoms with van der Waals surface area (Å²) < 4.78 is 5.39. The third-order valence-electron chi connectivity index (χ3n) is 3.08. The van der Waals surface area contributed by atoms with Crippen molar-refractivity contribution in [1.29, 1.82) is 0 Å². The molecule has 2 rings (SSSR count). The van der Waals surface area contributed by atoms with Crippen molar-refractivity contribution in [3.05, 3.63) is 59.8 Å². The minimum atomic E-state index is -1.17. The highest BCUT2D eigenvalue weighted by molar-refractivity contribution is 5.81. The van der Waals surface area contributed by atoms with Gasteiger partial charge in [-0.1, -0.05) is 43.3 Å². The van der Waals surface area contributed by atoms with Gasteiger partial charge >= 0.3 is 0 Å². The number of benzene rings is 1. The smallest absolute Gasteiger partial charge is 0.253 e. The van der Waals surface area contributed by atoms with E-state index >= 15 is 0 Å². The van der Waals surface area contributed by atoms with Gasteiger partial charge < -0.3 is 15.2 Å². The number of aliphatic hydroxyl groups excluding tert-OH is 1. The topological polar surface area (TPSA) is 71.5 Å². The average molecular weight is 300 g/mol. The molecule has 1 aromatic heterocycles. The standard InChI is InChI=1S/C17H20N2O3/c1-2-10-22-15-9-8-13(11-18-15)12-19-17(21)16(20)14-6-4-3-5-7-14/h3-9,11,16,20H,2,10,12H2,1H3,(H,19,21). The number of nitrogens with zero attached hydrogens (tertiary/aromatic N) is 1. The third-order valence-corrected chi connectivity index (χ3v) is 3.08. The van der Waals surface area contributed by atoms with Crippen LogP contribution in [0.15, 0.2) is 48.7 Å². The molecule has 1 atom stereocenters. The van der Waals surface area contributed by atoms with E-state index in [2.05, 4.69) is 10.3 Å². The Labute approximate surface area is 130 Å². The van der Waals surface area contributed by atoms with Crippen molar-refractivity contribution < 1.29 is 14.6 Å². The predicted molar refractivity (Wildman–Crippen MR) is 83.3 cm³/mol. The lowest BCUT2D eigenvalue weighted by atomic mass is 10.1. The molecule has 1 unspecified atom stereocenters. The van der Waals surface area contributed by atoms with Crippen LogP contribution in [-0.4, -0.2) is 22.6 Å². The lowest BCUT2D eigenvalue weighted by molar-refractivity contribution is -0.129. The molecule has 0 saturated heterocycles. The Hall–Kier alpha value is -2.40. The highest BCUT2D eigenvalue weighted by atomic mass is 16.5. The van der Waals surface area contributed by atoms with E-state index in [1.807, 2.05) is 19.1 Å². The van der Waals surface area contributed by atoms with Crippen LogP contribution in [0.3, 0.4) is 0 Å². The molecule has 0 aliphatic carbocycles. The monoisotopic (exact) mass is 300 g/mol. The van der Waals surface area contributed by atoms with Crippen LogP contribution in [0.2, 0.25) is 0 Å². The number of amides is 1. The highest BCUT2D eigenvalue weighted by Crippen LogP contribution is 2.12. The van der Waals surface area contributed by atoms with Crippen molar-refractivity contribution in [2.75, 3.05) is 6.61 Å². The maximum absolute atomic E-state index is 11.9. The van der Waals surface area contributed by atoms with E-state index in [1.54, 1.807) is 36.5 Å². The normalized spacial score (nSPS) is 11.7. The van der Waals surface area contributed by atoms with Crippen LogP contribution in [0.1, 0.15) is 30.6 Å². The molecule has 1 amide bonds. The van der Waals surface area contributed by atoms with Gasteiger partial charge in [-0.3, -0.25) is 4.79 Å². The first-order valence-corrected chi connectivity index (χ1v) is 7.29. The van der Waals surface area contributed by atoms with Crippen LogP contribution in [-0.2, 0) is 11.3 Å². The van der Waals surface area contributed by atoms with E-state index in [0.717, 1.165) is 12.0 Å². The van der Waals surface area contributed by atoms with Gasteiger partial charge in [0.1, 0.15) is 0 Å². The maximum atomic E-state index is 11.9. The molecule has 0 fully saturated rings. The lowest BCUT2D eigenvalue weighted by Crippen LogP contribution is -2.28. The van der Waals surface area contributed by atoms with Gasteiger partial charge in [-0.25, -0.2) is 4.98 Å². The predicted octanol–water partition coefficient (Wildman–Crippen LogP) is 2.22. The fraction of sp³-hybridized carbons (Fsp3) is 0.294. The Balaban J connectivity index is 1.85. The zero-order chi connectivity index (χ0) is 15.8. The molecule has 116 valence electrons. The van der Waals surface area contributed by atoms with E-state index in [0.29, 0.717) is 24.6 Å². The summed E-state index contributed by atoms with van der Waals surface area (Å²) in [5.74, 6) is 0.138. The fourth-order valence-electron chi connectivity index (χ4n) is 1.88. The van der Waals surface area contributed by atoms with Crippen molar-refractivity contribution in [3.63, 3.8) is 0 Å². The molecule has 0 spiro atoms. The van der Waals surface area contributed by atoms with Crippen LogP contribution >= 0.6 is 0 Å². The Bertz CT molecular complexity index is 585. The number of ether oxygens (including phenoxy) is 1. The first-order valence-electron chi connectivity index (χ1n) is 7.29. The van der Waals surface area contributed by atoms with Crippen LogP contribution in [0.25, 0.3) is 0 Å². The molecule has 0 aliphatic rings. The Morgan fingerprint density at radius 1 is 1.27 bits per heavy atom. The van der Waals surface area contributed by atoms with Gasteiger partial charge in [-0.15, -0.1) is 0 Å². The van der Waals surface area contributed by atoms with Crippen molar-refractivity contribution in [1.82, 2.24) is 10.3 Å². The first-order chi connectivity index (χ1) is 10.7. The van der Waals surface area contributed by atoms with Gasteiger partial charge in [0.25, 0.3) is 5.91 Å². The molecule has 2 aromatic rings. The summed E-state index contributed by atoms with van der Waals surface area (Å²) >= 11 is 0. The van der Waals surface area contributed by atoms with Crippen molar-refractivity contribution in [2.45, 2.75) is 26.0 Å². The second-order valence-corrected chi connectivity index (χ2v) is 4.88. The molecule has 0 saturated carbocycles. The Morgan fingerprint density at radius 2 is 2.05 bits per heavy atom. The third kappa shape index (κ3) is 4.56. The number of hydrogen-bond acceptors (Lipinski definition) is 4. The van der Waals surface area contributed by atoms with E-state index < -0.39 is 12.0 Å². The number of pyridine rings is 1. The van der Waals surface area contributed by atoms with Gasteiger partial charge in [0, 0.05) is 18.8 Å². The van der Waals surface area contributed by atoms with Crippen LogP contribution in [0.4, 0.5) is 0 Å². The van der Waals surface area contributed by atoms with Crippen LogP contribution in [0.5, 0.6) is 5.88 Å². The molecule has 0 aliphatic heterocycles.